The fraction of sp³-hybridized carbons (Fsp3) is 0.114. The fourth-order valence-corrected chi connectivity index (χ4v) is 9.25. The van der Waals surface area contributed by atoms with E-state index in [1.807, 2.05) is 0 Å². The van der Waals surface area contributed by atoms with Gasteiger partial charge in [-0.05, 0) is 153 Å². The molecule has 0 saturated heterocycles. The molecule has 7 rings (SSSR count). The number of rotatable bonds is 21. The highest BCUT2D eigenvalue weighted by Crippen LogP contribution is 2.35. The Kier molecular flexibility index (Phi) is 17.3. The minimum atomic E-state index is -4.87. The van der Waals surface area contributed by atoms with Gasteiger partial charge in [0.15, 0.2) is 0 Å². The minimum absolute atomic E-state index is 0.0115. The number of hydrogen-bond acceptors (Lipinski definition) is 24. The number of hydrogen-bond donors (Lipinski definition) is 8. The number of aryl methyl sites for hydroxylation is 2. The number of nitrogens with one attached hydrogen (secondary N) is 3. The molecule has 0 aliphatic rings. The zero-order valence-electron chi connectivity index (χ0n) is 39.9. The normalized spacial score (nSPS) is 12.8. The van der Waals surface area contributed by atoms with Crippen molar-refractivity contribution in [2.45, 2.75) is 39.9 Å². The maximum absolute atomic E-state index is 12.4. The largest absolute Gasteiger partial charge is 0.354 e. The first-order chi connectivity index (χ1) is 36.6. The third kappa shape index (κ3) is 16.3. The van der Waals surface area contributed by atoms with Gasteiger partial charge in [0.1, 0.15) is 21.2 Å². The van der Waals surface area contributed by atoms with Crippen molar-refractivity contribution in [3.05, 3.63) is 132 Å². The van der Waals surface area contributed by atoms with Crippen molar-refractivity contribution in [2.24, 2.45) is 40.9 Å². The predicted octanol–water partition coefficient (Wildman–Crippen LogP) is 10.3. The zero-order chi connectivity index (χ0) is 56.6. The van der Waals surface area contributed by atoms with E-state index in [0.29, 0.717) is 22.5 Å². The summed E-state index contributed by atoms with van der Waals surface area (Å²) in [6.07, 6.45) is -0.0136. The molecule has 0 fully saturated rings. The molecule has 34 heteroatoms. The van der Waals surface area contributed by atoms with E-state index in [0.717, 1.165) is 36.4 Å². The number of aromatic nitrogens is 3. The summed E-state index contributed by atoms with van der Waals surface area (Å²) in [5, 5.41) is 41.1. The van der Waals surface area contributed by atoms with Crippen molar-refractivity contribution >= 4 is 125 Å². The van der Waals surface area contributed by atoms with Gasteiger partial charge in [-0.15, -0.1) is 10.2 Å². The van der Waals surface area contributed by atoms with E-state index < -0.39 is 66.1 Å². The molecule has 78 heavy (non-hydrogen) atoms. The summed E-state index contributed by atoms with van der Waals surface area (Å²) >= 11 is 0. The SMILES string of the molecule is Cc1cc(Nc2nc(NCCCS(=O)(=O)O)nc(Nc3ccc(N=Nc4ccc(N=Nc5ccc(S(=O)(=O)O)cc5)cc4S(=O)(=O)O)c(C)c3)n2)ccc1N=Nc1ccc(N=Nc2ccc(S(=O)(=O)O)cc2)cc1S(=O)(=O)O. The Labute approximate surface area is 444 Å². The van der Waals surface area contributed by atoms with Crippen molar-refractivity contribution in [3.63, 3.8) is 0 Å². The molecule has 0 aliphatic carbocycles. The lowest BCUT2D eigenvalue weighted by molar-refractivity contribution is 0.479. The van der Waals surface area contributed by atoms with Gasteiger partial charge in [-0.25, -0.2) is 0 Å². The Morgan fingerprint density at radius 1 is 0.397 bits per heavy atom. The van der Waals surface area contributed by atoms with Gasteiger partial charge in [-0.1, -0.05) is 0 Å². The summed E-state index contributed by atoms with van der Waals surface area (Å²) in [7, 11) is -22.9. The first-order valence-corrected chi connectivity index (χ1v) is 29.2. The Hall–Kier alpha value is -8.32. The summed E-state index contributed by atoms with van der Waals surface area (Å²) in [5.41, 5.74) is 2.23. The van der Waals surface area contributed by atoms with Crippen LogP contribution in [0.5, 0.6) is 0 Å². The monoisotopic (exact) mass is 1160 g/mol. The maximum atomic E-state index is 12.4. The van der Waals surface area contributed by atoms with E-state index in [4.69, 9.17) is 0 Å². The Morgan fingerprint density at radius 2 is 0.744 bits per heavy atom. The van der Waals surface area contributed by atoms with Crippen LogP contribution in [0.1, 0.15) is 17.5 Å². The second kappa shape index (κ2) is 23.5. The standard InChI is InChI=1S/C44H40N14O15S5/c1-26-22-30(8-16-36(26)55-57-38-18-10-32(24-40(38)77(68,69)70)53-51-28-4-12-34(13-5-28)75(62,63)64)46-43-48-42(45-20-3-21-74(59,60)61)49-44(50-43)47-31-9-17-37(27(2)23-31)56-58-39-19-11-33(25-41(39)78(71,72)73)54-52-29-6-14-35(15-7-29)76(65,66)67/h4-19,22-25H,3,20-21H2,1-2H3,(H,59,60,61)(H,62,63,64)(H,65,66,67)(H,68,69,70)(H,71,72,73)(H3,45,46,47,48,49,50). The van der Waals surface area contributed by atoms with Gasteiger partial charge < -0.3 is 16.0 Å². The second-order valence-electron chi connectivity index (χ2n) is 16.1. The molecule has 0 unspecified atom stereocenters. The number of azo groups is 4. The molecule has 0 bridgehead atoms. The summed E-state index contributed by atoms with van der Waals surface area (Å²) < 4.78 is 165. The average Bonchev–Trinajstić information content (AvgIpc) is 3.42. The molecule has 1 heterocycles. The topological polar surface area (TPSA) is 445 Å². The molecule has 0 amide bonds. The molecule has 0 aliphatic heterocycles. The van der Waals surface area contributed by atoms with Crippen molar-refractivity contribution in [3.8, 4) is 0 Å². The van der Waals surface area contributed by atoms with Gasteiger partial charge in [0.25, 0.3) is 50.6 Å². The van der Waals surface area contributed by atoms with E-state index in [9.17, 15) is 64.9 Å². The first kappa shape index (κ1) is 57.4. The molecule has 29 nitrogen and oxygen atoms in total. The molecule has 8 N–H and O–H groups in total. The Morgan fingerprint density at radius 3 is 1.10 bits per heavy atom. The number of nitrogens with zero attached hydrogens (tertiary/aromatic N) is 11. The molecule has 0 spiro atoms. The summed E-state index contributed by atoms with van der Waals surface area (Å²) in [6, 6.07) is 26.0. The third-order valence-electron chi connectivity index (χ3n) is 10.2. The Bertz CT molecular complexity index is 3910. The lowest BCUT2D eigenvalue weighted by Crippen LogP contribution is -2.13. The third-order valence-corrected chi connectivity index (χ3v) is 14.5. The second-order valence-corrected chi connectivity index (χ2v) is 23.3. The van der Waals surface area contributed by atoms with E-state index in [1.165, 1.54) is 60.7 Å². The van der Waals surface area contributed by atoms with Crippen LogP contribution in [0.25, 0.3) is 0 Å². The number of anilines is 5. The van der Waals surface area contributed by atoms with Crippen LogP contribution in [0, 0.1) is 13.8 Å². The molecule has 0 atom stereocenters. The van der Waals surface area contributed by atoms with E-state index in [1.54, 1.807) is 38.1 Å². The first-order valence-electron chi connectivity index (χ1n) is 21.8. The van der Waals surface area contributed by atoms with Gasteiger partial charge >= 0.3 is 0 Å². The number of benzene rings is 6. The van der Waals surface area contributed by atoms with Crippen LogP contribution in [0.3, 0.4) is 0 Å². The molecule has 406 valence electrons. The van der Waals surface area contributed by atoms with Gasteiger partial charge in [0, 0.05) is 17.9 Å². The molecule has 1 aromatic heterocycles. The Balaban J connectivity index is 1.07. The highest BCUT2D eigenvalue weighted by Gasteiger charge is 2.19. The van der Waals surface area contributed by atoms with E-state index >= 15 is 0 Å². The molecule has 7 aromatic rings. The summed E-state index contributed by atoms with van der Waals surface area (Å²) in [5.74, 6) is -0.578. The zero-order valence-corrected chi connectivity index (χ0v) is 44.0. The van der Waals surface area contributed by atoms with E-state index in [2.05, 4.69) is 71.8 Å². The van der Waals surface area contributed by atoms with Crippen LogP contribution in [0.15, 0.2) is 182 Å². The van der Waals surface area contributed by atoms with Crippen LogP contribution < -0.4 is 16.0 Å². The van der Waals surface area contributed by atoms with Crippen LogP contribution in [-0.4, -0.2) is 92.1 Å². The van der Waals surface area contributed by atoms with Gasteiger partial charge in [-0.2, -0.15) is 87.7 Å². The fourth-order valence-electron chi connectivity index (χ4n) is 6.50. The lowest BCUT2D eigenvalue weighted by atomic mass is 10.2. The van der Waals surface area contributed by atoms with Crippen LogP contribution in [0.2, 0.25) is 0 Å². The maximum Gasteiger partial charge on any atom is 0.296 e. The van der Waals surface area contributed by atoms with Crippen molar-refractivity contribution in [1.29, 1.82) is 0 Å². The highest BCUT2D eigenvalue weighted by molar-refractivity contribution is 7.86. The van der Waals surface area contributed by atoms with E-state index in [-0.39, 0.29) is 86.1 Å². The average molecular weight is 1170 g/mol. The van der Waals surface area contributed by atoms with Crippen molar-refractivity contribution in [2.75, 3.05) is 28.2 Å². The van der Waals surface area contributed by atoms with Crippen LogP contribution >= 0.6 is 0 Å². The van der Waals surface area contributed by atoms with Crippen molar-refractivity contribution in [1.82, 2.24) is 15.0 Å². The van der Waals surface area contributed by atoms with Crippen molar-refractivity contribution < 1.29 is 64.9 Å². The summed E-state index contributed by atoms with van der Waals surface area (Å²) in [4.78, 5) is 11.2. The minimum Gasteiger partial charge on any atom is -0.354 e. The molecule has 0 saturated carbocycles. The molecule has 0 radical (unpaired) electrons. The smallest absolute Gasteiger partial charge is 0.296 e. The van der Waals surface area contributed by atoms with Gasteiger partial charge in [0.05, 0.1) is 49.7 Å². The van der Waals surface area contributed by atoms with Crippen LogP contribution in [0.4, 0.5) is 74.7 Å². The highest BCUT2D eigenvalue weighted by atomic mass is 32.2. The lowest BCUT2D eigenvalue weighted by Gasteiger charge is -2.12. The quantitative estimate of drug-likeness (QED) is 0.0188. The van der Waals surface area contributed by atoms with Gasteiger partial charge in [-0.3, -0.25) is 22.8 Å². The summed E-state index contributed by atoms with van der Waals surface area (Å²) in [6.45, 7) is 3.36. The van der Waals surface area contributed by atoms with Gasteiger partial charge in [0.2, 0.25) is 17.8 Å². The molecular weight excluding hydrogens is 1120 g/mol. The molecular formula is C44H40N14O15S5. The predicted molar refractivity (Wildman–Crippen MR) is 280 cm³/mol. The molecule has 6 aromatic carbocycles. The van der Waals surface area contributed by atoms with Crippen LogP contribution in [-0.2, 0) is 50.6 Å².